The zero-order valence-electron chi connectivity index (χ0n) is 22.2. The first-order chi connectivity index (χ1) is 19.0. The monoisotopic (exact) mass is 536 g/mol. The van der Waals surface area contributed by atoms with Crippen LogP contribution in [0, 0.1) is 6.92 Å². The summed E-state index contributed by atoms with van der Waals surface area (Å²) >= 11 is 6.30. The van der Waals surface area contributed by atoms with Crippen LogP contribution in [0.2, 0.25) is 5.02 Å². The second-order valence-corrected chi connectivity index (χ2v) is 11.0. The molecular weight excluding hydrogens is 504 g/mol. The van der Waals surface area contributed by atoms with Crippen LogP contribution >= 0.6 is 11.6 Å². The molecule has 1 aromatic heterocycles. The van der Waals surface area contributed by atoms with Crippen LogP contribution in [-0.4, -0.2) is 42.0 Å². The van der Waals surface area contributed by atoms with Crippen molar-refractivity contribution < 1.29 is 4.79 Å². The molecule has 0 bridgehead atoms. The Balaban J connectivity index is 1.20. The predicted octanol–water partition coefficient (Wildman–Crippen LogP) is 7.16. The first-order valence-corrected chi connectivity index (χ1v) is 14.1. The lowest BCUT2D eigenvalue weighted by atomic mass is 9.89. The van der Waals surface area contributed by atoms with Gasteiger partial charge in [-0.2, -0.15) is 0 Å². The van der Waals surface area contributed by atoms with Crippen molar-refractivity contribution in [2.75, 3.05) is 36.4 Å². The molecule has 0 aliphatic carbocycles. The molecule has 4 aromatic rings. The highest BCUT2D eigenvalue weighted by molar-refractivity contribution is 6.30. The molecule has 3 heterocycles. The Kier molecular flexibility index (Phi) is 7.25. The molecule has 5 nitrogen and oxygen atoms in total. The maximum absolute atomic E-state index is 13.5. The van der Waals surface area contributed by atoms with Gasteiger partial charge in [0.15, 0.2) is 0 Å². The number of piperidine rings is 1. The number of benzene rings is 3. The van der Waals surface area contributed by atoms with Crippen molar-refractivity contribution in [3.63, 3.8) is 0 Å². The van der Waals surface area contributed by atoms with Crippen molar-refractivity contribution in [1.82, 2.24) is 9.88 Å². The molecule has 3 aromatic carbocycles. The van der Waals surface area contributed by atoms with Gasteiger partial charge in [0, 0.05) is 55.1 Å². The number of nitrogens with one attached hydrogen (secondary N) is 1. The highest BCUT2D eigenvalue weighted by Gasteiger charge is 2.25. The number of aryl methyl sites for hydroxylation is 1. The first-order valence-electron chi connectivity index (χ1n) is 13.7. The van der Waals surface area contributed by atoms with Gasteiger partial charge in [-0.3, -0.25) is 4.79 Å². The predicted molar refractivity (Wildman–Crippen MR) is 160 cm³/mol. The second kappa shape index (κ2) is 11.1. The van der Waals surface area contributed by atoms with E-state index >= 15 is 0 Å². The maximum Gasteiger partial charge on any atom is 0.253 e. The van der Waals surface area contributed by atoms with Crippen molar-refractivity contribution in [2.45, 2.75) is 32.2 Å². The number of fused-ring (bicyclic) bond motifs is 1. The van der Waals surface area contributed by atoms with Gasteiger partial charge in [-0.05, 0) is 78.3 Å². The SMILES string of the molecule is Cc1ccc(Cl)cc1CN1CCNc2ncc(-c3cccc(C(=O)N4CCC(c5ccccc5)CC4)c3)cc21. The fraction of sp³-hybridized carbons (Fsp3) is 0.273. The number of nitrogens with zero attached hydrogens (tertiary/aromatic N) is 3. The van der Waals surface area contributed by atoms with Crippen LogP contribution in [0.1, 0.15) is 45.8 Å². The van der Waals surface area contributed by atoms with Crippen molar-refractivity contribution in [1.29, 1.82) is 0 Å². The topological polar surface area (TPSA) is 48.5 Å². The van der Waals surface area contributed by atoms with Gasteiger partial charge in [0.2, 0.25) is 0 Å². The van der Waals surface area contributed by atoms with Gasteiger partial charge in [0.1, 0.15) is 5.82 Å². The summed E-state index contributed by atoms with van der Waals surface area (Å²) in [5, 5.41) is 4.18. The maximum atomic E-state index is 13.5. The summed E-state index contributed by atoms with van der Waals surface area (Å²) in [5.41, 5.74) is 7.61. The smallest absolute Gasteiger partial charge is 0.253 e. The van der Waals surface area contributed by atoms with Gasteiger partial charge >= 0.3 is 0 Å². The Hall–Kier alpha value is -3.83. The summed E-state index contributed by atoms with van der Waals surface area (Å²) < 4.78 is 0. The van der Waals surface area contributed by atoms with Crippen LogP contribution in [0.15, 0.2) is 85.1 Å². The third-order valence-corrected chi connectivity index (χ3v) is 8.29. The molecule has 0 spiro atoms. The van der Waals surface area contributed by atoms with Gasteiger partial charge in [-0.1, -0.05) is 60.1 Å². The Bertz CT molecular complexity index is 1480. The average Bonchev–Trinajstić information content (AvgIpc) is 2.99. The Morgan fingerprint density at radius 3 is 2.59 bits per heavy atom. The van der Waals surface area contributed by atoms with Gasteiger partial charge in [-0.15, -0.1) is 0 Å². The van der Waals surface area contributed by atoms with E-state index in [0.29, 0.717) is 5.92 Å². The van der Waals surface area contributed by atoms with Crippen LogP contribution in [-0.2, 0) is 6.54 Å². The molecule has 0 saturated carbocycles. The summed E-state index contributed by atoms with van der Waals surface area (Å²) in [6.45, 7) is 6.17. The fourth-order valence-corrected chi connectivity index (χ4v) is 5.95. The largest absolute Gasteiger partial charge is 0.367 e. The van der Waals surface area contributed by atoms with Gasteiger partial charge in [0.05, 0.1) is 5.69 Å². The van der Waals surface area contributed by atoms with E-state index in [1.165, 1.54) is 16.7 Å². The highest BCUT2D eigenvalue weighted by atomic mass is 35.5. The molecule has 6 rings (SSSR count). The standard InChI is InChI=1S/C33H33ClN4O/c1-23-10-11-30(34)19-29(23)22-38-17-14-35-32-31(38)20-28(21-36-32)26-8-5-9-27(18-26)33(39)37-15-12-25(13-16-37)24-6-3-2-4-7-24/h2-11,18-21,25H,12-17,22H2,1H3,(H,35,36). The van der Waals surface area contributed by atoms with E-state index in [2.05, 4.69) is 65.7 Å². The molecule has 1 saturated heterocycles. The first kappa shape index (κ1) is 25.4. The number of likely N-dealkylation sites (tertiary alicyclic amines) is 1. The quantitative estimate of drug-likeness (QED) is 0.294. The minimum Gasteiger partial charge on any atom is -0.367 e. The lowest BCUT2D eigenvalue weighted by Gasteiger charge is -2.32. The van der Waals surface area contributed by atoms with E-state index in [-0.39, 0.29) is 5.91 Å². The third-order valence-electron chi connectivity index (χ3n) is 8.05. The van der Waals surface area contributed by atoms with Crippen molar-refractivity contribution >= 4 is 29.0 Å². The number of hydrogen-bond donors (Lipinski definition) is 1. The summed E-state index contributed by atoms with van der Waals surface area (Å²) in [6.07, 6.45) is 3.90. The van der Waals surface area contributed by atoms with Crippen LogP contribution in [0.25, 0.3) is 11.1 Å². The summed E-state index contributed by atoms with van der Waals surface area (Å²) in [7, 11) is 0. The molecule has 0 atom stereocenters. The number of aromatic nitrogens is 1. The number of carbonyl (C=O) groups excluding carboxylic acids is 1. The molecule has 0 unspecified atom stereocenters. The van der Waals surface area contributed by atoms with E-state index in [4.69, 9.17) is 16.6 Å². The summed E-state index contributed by atoms with van der Waals surface area (Å²) in [5.74, 6) is 1.52. The lowest BCUT2D eigenvalue weighted by molar-refractivity contribution is 0.0713. The Labute approximate surface area is 235 Å². The van der Waals surface area contributed by atoms with Crippen LogP contribution in [0.4, 0.5) is 11.5 Å². The highest BCUT2D eigenvalue weighted by Crippen LogP contribution is 2.34. The van der Waals surface area contributed by atoms with Crippen LogP contribution < -0.4 is 10.2 Å². The number of amides is 1. The normalized spacial score (nSPS) is 15.5. The molecule has 39 heavy (non-hydrogen) atoms. The zero-order valence-corrected chi connectivity index (χ0v) is 23.0. The number of pyridine rings is 1. The molecule has 2 aliphatic heterocycles. The van der Waals surface area contributed by atoms with E-state index < -0.39 is 0 Å². The minimum absolute atomic E-state index is 0.106. The van der Waals surface area contributed by atoms with Crippen molar-refractivity contribution in [3.8, 4) is 11.1 Å². The molecule has 1 N–H and O–H groups in total. The number of halogens is 1. The minimum atomic E-state index is 0.106. The molecule has 1 fully saturated rings. The van der Waals surface area contributed by atoms with Crippen molar-refractivity contribution in [3.05, 3.63) is 112 Å². The molecule has 198 valence electrons. The molecule has 0 radical (unpaired) electrons. The lowest BCUT2D eigenvalue weighted by Crippen LogP contribution is -2.37. The molecule has 1 amide bonds. The summed E-state index contributed by atoms with van der Waals surface area (Å²) in [6, 6.07) is 26.9. The fourth-order valence-electron chi connectivity index (χ4n) is 5.75. The van der Waals surface area contributed by atoms with E-state index in [0.717, 1.165) is 78.8 Å². The van der Waals surface area contributed by atoms with Gasteiger partial charge in [0.25, 0.3) is 5.91 Å². The number of carbonyl (C=O) groups is 1. The van der Waals surface area contributed by atoms with E-state index in [9.17, 15) is 4.79 Å². The average molecular weight is 537 g/mol. The molecular formula is C33H33ClN4O. The van der Waals surface area contributed by atoms with Gasteiger partial charge in [-0.25, -0.2) is 4.98 Å². The molecule has 2 aliphatic rings. The Morgan fingerprint density at radius 1 is 0.949 bits per heavy atom. The number of anilines is 2. The van der Waals surface area contributed by atoms with Crippen LogP contribution in [0.5, 0.6) is 0 Å². The number of rotatable bonds is 5. The summed E-state index contributed by atoms with van der Waals surface area (Å²) in [4.78, 5) is 22.6. The number of hydrogen-bond acceptors (Lipinski definition) is 4. The van der Waals surface area contributed by atoms with E-state index in [1.54, 1.807) is 0 Å². The molecule has 6 heteroatoms. The van der Waals surface area contributed by atoms with Gasteiger partial charge < -0.3 is 15.1 Å². The van der Waals surface area contributed by atoms with E-state index in [1.807, 2.05) is 41.4 Å². The second-order valence-electron chi connectivity index (χ2n) is 10.6. The zero-order chi connectivity index (χ0) is 26.8. The van der Waals surface area contributed by atoms with Crippen molar-refractivity contribution in [2.24, 2.45) is 0 Å². The Morgan fingerprint density at radius 2 is 1.77 bits per heavy atom. The third kappa shape index (κ3) is 5.50. The van der Waals surface area contributed by atoms with Crippen LogP contribution in [0.3, 0.4) is 0 Å².